The summed E-state index contributed by atoms with van der Waals surface area (Å²) in [4.78, 5) is 34.9. The maximum absolute atomic E-state index is 13.4. The van der Waals surface area contributed by atoms with Crippen LogP contribution >= 0.6 is 0 Å². The lowest BCUT2D eigenvalue weighted by Gasteiger charge is -2.08. The lowest BCUT2D eigenvalue weighted by Crippen LogP contribution is -2.33. The van der Waals surface area contributed by atoms with Crippen molar-refractivity contribution >= 4 is 23.5 Å². The van der Waals surface area contributed by atoms with Crippen LogP contribution in [0, 0.1) is 5.82 Å². The van der Waals surface area contributed by atoms with E-state index >= 15 is 0 Å². The van der Waals surface area contributed by atoms with Gasteiger partial charge in [0.1, 0.15) is 5.82 Å². The number of carbonyl (C=O) groups is 3. The Labute approximate surface area is 137 Å². The number of hydrogen-bond acceptors (Lipinski definition) is 4. The molecule has 0 saturated heterocycles. The third-order valence-electron chi connectivity index (χ3n) is 3.12. The van der Waals surface area contributed by atoms with Crippen molar-refractivity contribution < 1.29 is 23.5 Å². The Kier molecular flexibility index (Phi) is 5.62. The van der Waals surface area contributed by atoms with Gasteiger partial charge in [0.2, 0.25) is 5.91 Å². The highest BCUT2D eigenvalue weighted by molar-refractivity contribution is 5.99. The number of nitrogens with one attached hydrogen (secondary N) is 2. The predicted octanol–water partition coefficient (Wildman–Crippen LogP) is 1.98. The summed E-state index contributed by atoms with van der Waals surface area (Å²) in [6.45, 7) is -0.314. The number of methoxy groups -OCH3 is 1. The number of esters is 1. The fourth-order valence-corrected chi connectivity index (χ4v) is 1.91. The summed E-state index contributed by atoms with van der Waals surface area (Å²) >= 11 is 0. The largest absolute Gasteiger partial charge is 0.465 e. The van der Waals surface area contributed by atoms with Gasteiger partial charge in [-0.1, -0.05) is 12.1 Å². The van der Waals surface area contributed by atoms with Gasteiger partial charge in [-0.3, -0.25) is 9.59 Å². The van der Waals surface area contributed by atoms with Crippen molar-refractivity contribution in [1.82, 2.24) is 5.32 Å². The SMILES string of the molecule is COC(=O)c1ccc(NC(=O)CNC(=O)c2ccccc2F)cc1. The zero-order valence-electron chi connectivity index (χ0n) is 12.8. The molecule has 0 heterocycles. The Balaban J connectivity index is 1.88. The zero-order chi connectivity index (χ0) is 17.5. The van der Waals surface area contributed by atoms with Crippen molar-refractivity contribution in [2.45, 2.75) is 0 Å². The van der Waals surface area contributed by atoms with Crippen LogP contribution in [0.5, 0.6) is 0 Å². The average molecular weight is 330 g/mol. The zero-order valence-corrected chi connectivity index (χ0v) is 12.8. The van der Waals surface area contributed by atoms with Crippen molar-refractivity contribution in [3.05, 3.63) is 65.5 Å². The topological polar surface area (TPSA) is 84.5 Å². The monoisotopic (exact) mass is 330 g/mol. The van der Waals surface area contributed by atoms with Crippen molar-refractivity contribution in [1.29, 1.82) is 0 Å². The summed E-state index contributed by atoms with van der Waals surface area (Å²) in [6, 6.07) is 11.5. The Morgan fingerprint density at radius 3 is 2.33 bits per heavy atom. The molecule has 0 radical (unpaired) electrons. The van der Waals surface area contributed by atoms with Gasteiger partial charge in [0.15, 0.2) is 0 Å². The van der Waals surface area contributed by atoms with Gasteiger partial charge in [-0.2, -0.15) is 0 Å². The Morgan fingerprint density at radius 1 is 1.04 bits per heavy atom. The van der Waals surface area contributed by atoms with E-state index in [0.29, 0.717) is 11.3 Å². The molecule has 0 aliphatic heterocycles. The molecule has 2 aromatic carbocycles. The molecule has 0 aromatic heterocycles. The highest BCUT2D eigenvalue weighted by atomic mass is 19.1. The van der Waals surface area contributed by atoms with E-state index in [1.807, 2.05) is 0 Å². The lowest BCUT2D eigenvalue weighted by atomic mass is 10.2. The van der Waals surface area contributed by atoms with Crippen LogP contribution in [0.1, 0.15) is 20.7 Å². The summed E-state index contributed by atoms with van der Waals surface area (Å²) in [6.07, 6.45) is 0. The second-order valence-corrected chi connectivity index (χ2v) is 4.78. The molecular formula is C17H15FN2O4. The second kappa shape index (κ2) is 7.87. The summed E-state index contributed by atoms with van der Waals surface area (Å²) in [7, 11) is 1.27. The van der Waals surface area contributed by atoms with Crippen molar-refractivity contribution in [2.75, 3.05) is 19.0 Å². The molecule has 0 unspecified atom stereocenters. The Bertz CT molecular complexity index is 759. The summed E-state index contributed by atoms with van der Waals surface area (Å²) in [5, 5.41) is 4.88. The van der Waals surface area contributed by atoms with E-state index in [-0.39, 0.29) is 12.1 Å². The average Bonchev–Trinajstić information content (AvgIpc) is 2.60. The molecule has 6 nitrogen and oxygen atoms in total. The van der Waals surface area contributed by atoms with Gasteiger partial charge in [-0.05, 0) is 36.4 Å². The van der Waals surface area contributed by atoms with Crippen molar-refractivity contribution in [2.24, 2.45) is 0 Å². The number of anilines is 1. The van der Waals surface area contributed by atoms with E-state index in [4.69, 9.17) is 0 Å². The van der Waals surface area contributed by atoms with E-state index < -0.39 is 23.6 Å². The van der Waals surface area contributed by atoms with E-state index in [1.54, 1.807) is 0 Å². The van der Waals surface area contributed by atoms with Crippen LogP contribution in [-0.4, -0.2) is 31.4 Å². The summed E-state index contributed by atoms with van der Waals surface area (Å²) in [5.41, 5.74) is 0.670. The fraction of sp³-hybridized carbons (Fsp3) is 0.118. The molecular weight excluding hydrogens is 315 g/mol. The molecule has 24 heavy (non-hydrogen) atoms. The summed E-state index contributed by atoms with van der Waals surface area (Å²) < 4.78 is 18.0. The number of ether oxygens (including phenoxy) is 1. The number of carbonyl (C=O) groups excluding carboxylic acids is 3. The minimum atomic E-state index is -0.677. The van der Waals surface area contributed by atoms with E-state index in [9.17, 15) is 18.8 Å². The number of benzene rings is 2. The first-order valence-corrected chi connectivity index (χ1v) is 7.02. The van der Waals surface area contributed by atoms with Crippen molar-refractivity contribution in [3.8, 4) is 0 Å². The van der Waals surface area contributed by atoms with Crippen LogP contribution < -0.4 is 10.6 Å². The normalized spacial score (nSPS) is 9.92. The van der Waals surface area contributed by atoms with Crippen LogP contribution in [-0.2, 0) is 9.53 Å². The van der Waals surface area contributed by atoms with Crippen LogP contribution in [0.3, 0.4) is 0 Å². The second-order valence-electron chi connectivity index (χ2n) is 4.78. The molecule has 0 aliphatic carbocycles. The minimum Gasteiger partial charge on any atom is -0.465 e. The van der Waals surface area contributed by atoms with Crippen LogP contribution in [0.25, 0.3) is 0 Å². The Morgan fingerprint density at radius 2 is 1.71 bits per heavy atom. The molecule has 0 atom stereocenters. The van der Waals surface area contributed by atoms with Gasteiger partial charge in [-0.25, -0.2) is 9.18 Å². The van der Waals surface area contributed by atoms with E-state index in [0.717, 1.165) is 6.07 Å². The van der Waals surface area contributed by atoms with Crippen LogP contribution in [0.4, 0.5) is 10.1 Å². The predicted molar refractivity (Wildman–Crippen MR) is 85.1 cm³/mol. The van der Waals surface area contributed by atoms with Gasteiger partial charge in [0.05, 0.1) is 24.8 Å². The maximum Gasteiger partial charge on any atom is 0.337 e. The molecule has 0 spiro atoms. The maximum atomic E-state index is 13.4. The highest BCUT2D eigenvalue weighted by Gasteiger charge is 2.12. The molecule has 124 valence electrons. The molecule has 0 bridgehead atoms. The van der Waals surface area contributed by atoms with Crippen LogP contribution in [0.15, 0.2) is 48.5 Å². The third-order valence-corrected chi connectivity index (χ3v) is 3.12. The van der Waals surface area contributed by atoms with E-state index in [2.05, 4.69) is 15.4 Å². The smallest absolute Gasteiger partial charge is 0.337 e. The first kappa shape index (κ1) is 17.1. The van der Waals surface area contributed by atoms with Gasteiger partial charge in [0.25, 0.3) is 5.91 Å². The first-order valence-electron chi connectivity index (χ1n) is 7.02. The third kappa shape index (κ3) is 4.39. The first-order chi connectivity index (χ1) is 11.5. The summed E-state index contributed by atoms with van der Waals surface area (Å²) in [5.74, 6) is -2.30. The quantitative estimate of drug-likeness (QED) is 0.821. The molecule has 2 rings (SSSR count). The van der Waals surface area contributed by atoms with Crippen molar-refractivity contribution in [3.63, 3.8) is 0 Å². The van der Waals surface area contributed by atoms with E-state index in [1.165, 1.54) is 49.6 Å². The fourth-order valence-electron chi connectivity index (χ4n) is 1.91. The standard InChI is InChI=1S/C17H15FN2O4/c1-24-17(23)11-6-8-12(9-7-11)20-15(21)10-19-16(22)13-4-2-3-5-14(13)18/h2-9H,10H2,1H3,(H,19,22)(H,20,21). The van der Waals surface area contributed by atoms with Gasteiger partial charge < -0.3 is 15.4 Å². The lowest BCUT2D eigenvalue weighted by molar-refractivity contribution is -0.115. The number of hydrogen-bond donors (Lipinski definition) is 2. The highest BCUT2D eigenvalue weighted by Crippen LogP contribution is 2.10. The van der Waals surface area contributed by atoms with Gasteiger partial charge in [0, 0.05) is 5.69 Å². The molecule has 2 N–H and O–H groups in total. The Hall–Kier alpha value is -3.22. The van der Waals surface area contributed by atoms with Gasteiger partial charge in [-0.15, -0.1) is 0 Å². The van der Waals surface area contributed by atoms with Gasteiger partial charge >= 0.3 is 5.97 Å². The molecule has 2 aromatic rings. The molecule has 2 amide bonds. The number of rotatable bonds is 5. The minimum absolute atomic E-state index is 0.132. The molecule has 0 aliphatic rings. The number of halogens is 1. The molecule has 0 fully saturated rings. The molecule has 0 saturated carbocycles. The number of amides is 2. The molecule has 7 heteroatoms. The van der Waals surface area contributed by atoms with Crippen LogP contribution in [0.2, 0.25) is 0 Å².